The highest BCUT2D eigenvalue weighted by Gasteiger charge is 2.26. The van der Waals surface area contributed by atoms with E-state index in [4.69, 9.17) is 28.9 Å². The maximum atomic E-state index is 13.3. The largest absolute Gasteiger partial charge is 0.383 e. The smallest absolute Gasteiger partial charge is 0.264 e. The van der Waals surface area contributed by atoms with Crippen LogP contribution in [0.5, 0.6) is 0 Å². The summed E-state index contributed by atoms with van der Waals surface area (Å²) in [6.45, 7) is 1.37. The normalized spacial score (nSPS) is 11.2. The van der Waals surface area contributed by atoms with E-state index < -0.39 is 10.0 Å². The molecule has 1 heterocycles. The summed E-state index contributed by atoms with van der Waals surface area (Å²) in [4.78, 5) is 4.46. The number of hydrogen-bond donors (Lipinski definition) is 3. The van der Waals surface area contributed by atoms with Crippen molar-refractivity contribution >= 4 is 50.4 Å². The lowest BCUT2D eigenvalue weighted by atomic mass is 10.3. The molecule has 1 aromatic heterocycles. The van der Waals surface area contributed by atoms with Crippen molar-refractivity contribution in [3.8, 4) is 0 Å². The lowest BCUT2D eigenvalue weighted by Crippen LogP contribution is -2.36. The van der Waals surface area contributed by atoms with E-state index in [-0.39, 0.29) is 18.0 Å². The van der Waals surface area contributed by atoms with Crippen molar-refractivity contribution in [2.45, 2.75) is 4.90 Å². The fraction of sp³-hybridized carbons (Fsp3) is 0.190. The summed E-state index contributed by atoms with van der Waals surface area (Å²) in [5.74, 6) is 0.450. The Morgan fingerprint density at radius 3 is 2.16 bits per heavy atom. The van der Waals surface area contributed by atoms with Gasteiger partial charge in [-0.15, -0.1) is 0 Å². The minimum atomic E-state index is -3.85. The molecular formula is C21H23Cl2N5O2S. The number of nitrogens with one attached hydrogen (secondary N) is 2. The number of aromatic nitrogens is 1. The van der Waals surface area contributed by atoms with E-state index in [1.165, 1.54) is 16.4 Å². The SMILES string of the molecule is NCCN(c1cccnc1NCCNc1ccc(Cl)cc1)S(=O)(=O)c1ccc(Cl)cc1. The molecule has 0 aliphatic carbocycles. The zero-order valence-corrected chi connectivity index (χ0v) is 19.0. The third-order valence-corrected chi connectivity index (χ3v) is 6.71. The second-order valence-electron chi connectivity index (χ2n) is 6.55. The molecule has 0 aliphatic rings. The summed E-state index contributed by atoms with van der Waals surface area (Å²) in [5, 5.41) is 7.59. The third kappa shape index (κ3) is 6.01. The summed E-state index contributed by atoms with van der Waals surface area (Å²) < 4.78 is 27.8. The number of anilines is 3. The van der Waals surface area contributed by atoms with Gasteiger partial charge in [0, 0.05) is 48.1 Å². The van der Waals surface area contributed by atoms with E-state index in [0.717, 1.165) is 5.69 Å². The van der Waals surface area contributed by atoms with Crippen LogP contribution >= 0.6 is 23.2 Å². The van der Waals surface area contributed by atoms with Crippen molar-refractivity contribution in [2.24, 2.45) is 5.73 Å². The number of nitrogens with two attached hydrogens (primary N) is 1. The Morgan fingerprint density at radius 2 is 1.52 bits per heavy atom. The molecule has 0 atom stereocenters. The first kappa shape index (κ1) is 23.1. The van der Waals surface area contributed by atoms with Crippen LogP contribution in [0.15, 0.2) is 71.8 Å². The summed E-state index contributed by atoms with van der Waals surface area (Å²) >= 11 is 11.8. The minimum absolute atomic E-state index is 0.106. The molecule has 0 spiro atoms. The van der Waals surface area contributed by atoms with Crippen LogP contribution in [0.2, 0.25) is 10.0 Å². The second-order valence-corrected chi connectivity index (χ2v) is 9.29. The van der Waals surface area contributed by atoms with E-state index in [1.807, 2.05) is 12.1 Å². The Bertz CT molecular complexity index is 1090. The molecular weight excluding hydrogens is 457 g/mol. The Balaban J connectivity index is 1.76. The van der Waals surface area contributed by atoms with Crippen LogP contribution in [0.1, 0.15) is 0 Å². The number of pyridine rings is 1. The van der Waals surface area contributed by atoms with Gasteiger partial charge in [0.2, 0.25) is 0 Å². The van der Waals surface area contributed by atoms with Crippen LogP contribution in [-0.2, 0) is 10.0 Å². The molecule has 0 saturated heterocycles. The summed E-state index contributed by atoms with van der Waals surface area (Å²) in [5.41, 5.74) is 7.08. The molecule has 2 aromatic carbocycles. The average molecular weight is 480 g/mol. The molecule has 0 amide bonds. The summed E-state index contributed by atoms with van der Waals surface area (Å²) in [7, 11) is -3.85. The molecule has 31 heavy (non-hydrogen) atoms. The van der Waals surface area contributed by atoms with E-state index in [9.17, 15) is 8.42 Å². The van der Waals surface area contributed by atoms with Gasteiger partial charge in [0.15, 0.2) is 5.82 Å². The predicted molar refractivity (Wildman–Crippen MR) is 128 cm³/mol. The standard InChI is InChI=1S/C21H23Cl2N5O2S/c22-16-3-7-18(8-4-16)25-13-14-27-21-20(2-1-12-26-21)28(15-11-24)31(29,30)19-9-5-17(23)6-10-19/h1-10,12,25H,11,13-15,24H2,(H,26,27). The summed E-state index contributed by atoms with van der Waals surface area (Å²) in [6, 6.07) is 16.8. The topological polar surface area (TPSA) is 100 Å². The molecule has 4 N–H and O–H groups in total. The van der Waals surface area contributed by atoms with Gasteiger partial charge in [-0.1, -0.05) is 23.2 Å². The molecule has 0 bridgehead atoms. The van der Waals surface area contributed by atoms with Crippen LogP contribution in [0.3, 0.4) is 0 Å². The summed E-state index contributed by atoms with van der Waals surface area (Å²) in [6.07, 6.45) is 1.61. The lowest BCUT2D eigenvalue weighted by Gasteiger charge is -2.26. The van der Waals surface area contributed by atoms with Crippen LogP contribution in [0, 0.1) is 0 Å². The highest BCUT2D eigenvalue weighted by atomic mass is 35.5. The van der Waals surface area contributed by atoms with E-state index in [0.29, 0.717) is 34.6 Å². The fourth-order valence-electron chi connectivity index (χ4n) is 2.91. The van der Waals surface area contributed by atoms with Crippen molar-refractivity contribution in [3.63, 3.8) is 0 Å². The van der Waals surface area contributed by atoms with Crippen molar-refractivity contribution in [3.05, 3.63) is 76.9 Å². The Hall–Kier alpha value is -2.52. The maximum Gasteiger partial charge on any atom is 0.264 e. The third-order valence-electron chi connectivity index (χ3n) is 4.38. The lowest BCUT2D eigenvalue weighted by molar-refractivity contribution is 0.591. The first-order valence-corrected chi connectivity index (χ1v) is 11.8. The van der Waals surface area contributed by atoms with Crippen LogP contribution < -0.4 is 20.7 Å². The van der Waals surface area contributed by atoms with Crippen molar-refractivity contribution < 1.29 is 8.42 Å². The molecule has 0 unspecified atom stereocenters. The molecule has 0 aliphatic heterocycles. The zero-order chi connectivity index (χ0) is 22.3. The second kappa shape index (κ2) is 10.7. The Morgan fingerprint density at radius 1 is 0.903 bits per heavy atom. The van der Waals surface area contributed by atoms with E-state index in [1.54, 1.807) is 42.6 Å². The van der Waals surface area contributed by atoms with Gasteiger partial charge in [0.05, 0.1) is 10.6 Å². The molecule has 0 saturated carbocycles. The van der Waals surface area contributed by atoms with Crippen molar-refractivity contribution in [1.29, 1.82) is 0 Å². The predicted octanol–water partition coefficient (Wildman–Crippen LogP) is 4.07. The van der Waals surface area contributed by atoms with Gasteiger partial charge in [-0.25, -0.2) is 13.4 Å². The molecule has 0 fully saturated rings. The zero-order valence-electron chi connectivity index (χ0n) is 16.6. The number of halogens is 2. The van der Waals surface area contributed by atoms with Crippen molar-refractivity contribution in [2.75, 3.05) is 41.1 Å². The van der Waals surface area contributed by atoms with Crippen LogP contribution in [0.4, 0.5) is 17.2 Å². The molecule has 7 nitrogen and oxygen atoms in total. The van der Waals surface area contributed by atoms with E-state index in [2.05, 4.69) is 15.6 Å². The number of benzene rings is 2. The van der Waals surface area contributed by atoms with Gasteiger partial charge in [0.25, 0.3) is 10.0 Å². The minimum Gasteiger partial charge on any atom is -0.383 e. The van der Waals surface area contributed by atoms with Gasteiger partial charge in [-0.05, 0) is 60.7 Å². The quantitative estimate of drug-likeness (QED) is 0.379. The number of sulfonamides is 1. The Labute approximate surface area is 192 Å². The van der Waals surface area contributed by atoms with Gasteiger partial charge < -0.3 is 16.4 Å². The van der Waals surface area contributed by atoms with Crippen LogP contribution in [-0.4, -0.2) is 39.6 Å². The van der Waals surface area contributed by atoms with Crippen LogP contribution in [0.25, 0.3) is 0 Å². The molecule has 3 rings (SSSR count). The average Bonchev–Trinajstić information content (AvgIpc) is 2.77. The van der Waals surface area contributed by atoms with Crippen molar-refractivity contribution in [1.82, 2.24) is 4.98 Å². The first-order valence-electron chi connectivity index (χ1n) is 9.58. The number of nitrogens with zero attached hydrogens (tertiary/aromatic N) is 2. The highest BCUT2D eigenvalue weighted by Crippen LogP contribution is 2.29. The number of rotatable bonds is 10. The molecule has 3 aromatic rings. The van der Waals surface area contributed by atoms with Gasteiger partial charge in [0.1, 0.15) is 0 Å². The first-order chi connectivity index (χ1) is 14.9. The molecule has 0 radical (unpaired) electrons. The Kier molecular flexibility index (Phi) is 7.97. The maximum absolute atomic E-state index is 13.3. The number of hydrogen-bond acceptors (Lipinski definition) is 6. The molecule has 10 heteroatoms. The highest BCUT2D eigenvalue weighted by molar-refractivity contribution is 7.92. The monoisotopic (exact) mass is 479 g/mol. The van der Waals surface area contributed by atoms with Gasteiger partial charge in [-0.3, -0.25) is 4.31 Å². The molecule has 164 valence electrons. The van der Waals surface area contributed by atoms with Gasteiger partial charge >= 0.3 is 0 Å². The van der Waals surface area contributed by atoms with E-state index >= 15 is 0 Å². The fourth-order valence-corrected chi connectivity index (χ4v) is 4.65. The van der Waals surface area contributed by atoms with Gasteiger partial charge in [-0.2, -0.15) is 0 Å².